The number of rotatable bonds is 10. The molecule has 0 unspecified atom stereocenters. The molecule has 0 bridgehead atoms. The van der Waals surface area contributed by atoms with Gasteiger partial charge in [-0.15, -0.1) is 0 Å². The van der Waals surface area contributed by atoms with E-state index in [0.29, 0.717) is 17.1 Å². The van der Waals surface area contributed by atoms with Gasteiger partial charge in [0.15, 0.2) is 0 Å². The second-order valence-electron chi connectivity index (χ2n) is 10.5. The summed E-state index contributed by atoms with van der Waals surface area (Å²) in [5, 5.41) is 3.37. The number of amides is 2. The van der Waals surface area contributed by atoms with Gasteiger partial charge < -0.3 is 10.2 Å². The highest BCUT2D eigenvalue weighted by atomic mass is 35.5. The first-order chi connectivity index (χ1) is 18.3. The number of halogens is 1. The summed E-state index contributed by atoms with van der Waals surface area (Å²) in [6, 6.07) is 21.3. The van der Waals surface area contributed by atoms with Gasteiger partial charge in [-0.1, -0.05) is 66.6 Å². The van der Waals surface area contributed by atoms with Crippen LogP contribution < -0.4 is 9.62 Å². The van der Waals surface area contributed by atoms with E-state index in [1.165, 1.54) is 29.2 Å². The zero-order valence-electron chi connectivity index (χ0n) is 23.0. The van der Waals surface area contributed by atoms with Crippen molar-refractivity contribution >= 4 is 39.1 Å². The third-order valence-electron chi connectivity index (χ3n) is 6.08. The summed E-state index contributed by atoms with van der Waals surface area (Å²) in [5.74, 6) is -0.787. The number of anilines is 1. The number of carbonyl (C=O) groups is 2. The quantitative estimate of drug-likeness (QED) is 0.346. The molecule has 0 saturated heterocycles. The first-order valence-corrected chi connectivity index (χ1v) is 14.6. The SMILES string of the molecule is CC[C@H](C(=O)NC(C)(C)C)N(Cc1ccccc1)C(=O)CN(c1ccc(C)cc1)S(=O)(=O)c1ccc(Cl)cc1. The monoisotopic (exact) mass is 569 g/mol. The molecule has 0 saturated carbocycles. The molecule has 0 aliphatic rings. The summed E-state index contributed by atoms with van der Waals surface area (Å²) in [5.41, 5.74) is 1.62. The van der Waals surface area contributed by atoms with Gasteiger partial charge in [-0.3, -0.25) is 13.9 Å². The van der Waals surface area contributed by atoms with Gasteiger partial charge in [0.1, 0.15) is 12.6 Å². The van der Waals surface area contributed by atoms with Crippen LogP contribution in [-0.2, 0) is 26.2 Å². The molecule has 0 radical (unpaired) electrons. The van der Waals surface area contributed by atoms with Crippen molar-refractivity contribution in [2.45, 2.75) is 64.1 Å². The van der Waals surface area contributed by atoms with Crippen LogP contribution in [-0.4, -0.2) is 43.3 Å². The van der Waals surface area contributed by atoms with Gasteiger partial charge in [-0.2, -0.15) is 0 Å². The van der Waals surface area contributed by atoms with Crippen molar-refractivity contribution in [1.29, 1.82) is 0 Å². The largest absolute Gasteiger partial charge is 0.350 e. The van der Waals surface area contributed by atoms with E-state index in [4.69, 9.17) is 11.6 Å². The van der Waals surface area contributed by atoms with Gasteiger partial charge in [0.2, 0.25) is 11.8 Å². The predicted molar refractivity (Wildman–Crippen MR) is 156 cm³/mol. The van der Waals surface area contributed by atoms with Gasteiger partial charge in [-0.05, 0) is 76.1 Å². The highest BCUT2D eigenvalue weighted by Gasteiger charge is 2.34. The molecule has 0 aliphatic heterocycles. The summed E-state index contributed by atoms with van der Waals surface area (Å²) in [4.78, 5) is 28.8. The fourth-order valence-electron chi connectivity index (χ4n) is 4.13. The second kappa shape index (κ2) is 12.7. The Bertz CT molecular complexity index is 1370. The van der Waals surface area contributed by atoms with E-state index in [1.54, 1.807) is 24.3 Å². The average molecular weight is 570 g/mol. The molecule has 0 heterocycles. The smallest absolute Gasteiger partial charge is 0.264 e. The Morgan fingerprint density at radius 3 is 2.05 bits per heavy atom. The number of aryl methyl sites for hydroxylation is 1. The molecule has 0 aliphatic carbocycles. The Balaban J connectivity index is 2.05. The molecule has 39 heavy (non-hydrogen) atoms. The third kappa shape index (κ3) is 8.07. The number of nitrogens with zero attached hydrogens (tertiary/aromatic N) is 2. The number of carbonyl (C=O) groups excluding carboxylic acids is 2. The van der Waals surface area contributed by atoms with Crippen LogP contribution in [0.2, 0.25) is 5.02 Å². The van der Waals surface area contributed by atoms with Crippen molar-refractivity contribution in [1.82, 2.24) is 10.2 Å². The van der Waals surface area contributed by atoms with Gasteiger partial charge in [0.05, 0.1) is 10.6 Å². The topological polar surface area (TPSA) is 86.8 Å². The van der Waals surface area contributed by atoms with Crippen molar-refractivity contribution in [3.05, 3.63) is 95.0 Å². The van der Waals surface area contributed by atoms with Crippen LogP contribution in [0.3, 0.4) is 0 Å². The summed E-state index contributed by atoms with van der Waals surface area (Å²) in [6.07, 6.45) is 0.356. The highest BCUT2D eigenvalue weighted by molar-refractivity contribution is 7.92. The fourth-order valence-corrected chi connectivity index (χ4v) is 5.67. The Kier molecular flexibility index (Phi) is 9.80. The number of hydrogen-bond acceptors (Lipinski definition) is 4. The summed E-state index contributed by atoms with van der Waals surface area (Å²) >= 11 is 6.00. The van der Waals surface area contributed by atoms with E-state index in [2.05, 4.69) is 5.32 Å². The van der Waals surface area contributed by atoms with Crippen LogP contribution in [0.1, 0.15) is 45.2 Å². The molecule has 3 rings (SSSR count). The van der Waals surface area contributed by atoms with Crippen LogP contribution in [0.5, 0.6) is 0 Å². The van der Waals surface area contributed by atoms with E-state index in [0.717, 1.165) is 15.4 Å². The average Bonchev–Trinajstić information content (AvgIpc) is 2.87. The molecular weight excluding hydrogens is 534 g/mol. The number of sulfonamides is 1. The standard InChI is InChI=1S/C30H36ClN3O4S/c1-6-27(29(36)32-30(3,4)5)33(20-23-10-8-7-9-11-23)28(35)21-34(25-16-12-22(2)13-17-25)39(37,38)26-18-14-24(31)15-19-26/h7-19,27H,6,20-21H2,1-5H3,(H,32,36)/t27-/m1/s1. The normalized spacial score (nSPS) is 12.5. The summed E-state index contributed by atoms with van der Waals surface area (Å²) in [6.45, 7) is 9.02. The van der Waals surface area contributed by atoms with E-state index in [1.807, 2.05) is 65.0 Å². The first-order valence-electron chi connectivity index (χ1n) is 12.8. The molecule has 7 nitrogen and oxygen atoms in total. The first kappa shape index (κ1) is 30.2. The molecule has 3 aromatic carbocycles. The molecule has 208 valence electrons. The van der Waals surface area contributed by atoms with Gasteiger partial charge >= 0.3 is 0 Å². The summed E-state index contributed by atoms with van der Waals surface area (Å²) < 4.78 is 28.8. The van der Waals surface area contributed by atoms with Crippen molar-refractivity contribution in [2.24, 2.45) is 0 Å². The molecule has 3 aromatic rings. The van der Waals surface area contributed by atoms with E-state index < -0.39 is 34.1 Å². The lowest BCUT2D eigenvalue weighted by Gasteiger charge is -2.34. The predicted octanol–water partition coefficient (Wildman–Crippen LogP) is 5.57. The second-order valence-corrected chi connectivity index (χ2v) is 12.8. The van der Waals surface area contributed by atoms with Crippen LogP contribution in [0.15, 0.2) is 83.8 Å². The zero-order chi connectivity index (χ0) is 28.8. The van der Waals surface area contributed by atoms with Crippen molar-refractivity contribution in [3.63, 3.8) is 0 Å². The van der Waals surface area contributed by atoms with Gasteiger partial charge in [0, 0.05) is 17.1 Å². The van der Waals surface area contributed by atoms with Gasteiger partial charge in [0.25, 0.3) is 10.0 Å². The molecule has 9 heteroatoms. The third-order valence-corrected chi connectivity index (χ3v) is 8.12. The number of nitrogens with one attached hydrogen (secondary N) is 1. The van der Waals surface area contributed by atoms with E-state index in [-0.39, 0.29) is 17.3 Å². The minimum atomic E-state index is -4.14. The zero-order valence-corrected chi connectivity index (χ0v) is 24.6. The number of benzene rings is 3. The van der Waals surface area contributed by atoms with Gasteiger partial charge in [-0.25, -0.2) is 8.42 Å². The molecule has 0 spiro atoms. The molecule has 1 atom stereocenters. The lowest BCUT2D eigenvalue weighted by Crippen LogP contribution is -2.55. The van der Waals surface area contributed by atoms with Crippen molar-refractivity contribution in [3.8, 4) is 0 Å². The minimum absolute atomic E-state index is 0.00685. The Morgan fingerprint density at radius 2 is 1.51 bits per heavy atom. The minimum Gasteiger partial charge on any atom is -0.350 e. The number of hydrogen-bond donors (Lipinski definition) is 1. The molecule has 0 fully saturated rings. The van der Waals surface area contributed by atoms with Crippen molar-refractivity contribution < 1.29 is 18.0 Å². The lowest BCUT2D eigenvalue weighted by molar-refractivity contribution is -0.141. The Labute approximate surface area is 236 Å². The lowest BCUT2D eigenvalue weighted by atomic mass is 10.1. The fraction of sp³-hybridized carbons (Fsp3) is 0.333. The van der Waals surface area contributed by atoms with E-state index in [9.17, 15) is 18.0 Å². The van der Waals surface area contributed by atoms with Crippen LogP contribution in [0.4, 0.5) is 5.69 Å². The molecule has 0 aromatic heterocycles. The maximum Gasteiger partial charge on any atom is 0.264 e. The summed E-state index contributed by atoms with van der Waals surface area (Å²) in [7, 11) is -4.14. The maximum atomic E-state index is 14.0. The van der Waals surface area contributed by atoms with Crippen LogP contribution in [0, 0.1) is 6.92 Å². The van der Waals surface area contributed by atoms with E-state index >= 15 is 0 Å². The highest BCUT2D eigenvalue weighted by Crippen LogP contribution is 2.26. The molecular formula is C30H36ClN3O4S. The molecule has 1 N–H and O–H groups in total. The van der Waals surface area contributed by atoms with Crippen molar-refractivity contribution in [2.75, 3.05) is 10.8 Å². The Morgan fingerprint density at radius 1 is 0.923 bits per heavy atom. The molecule has 2 amide bonds. The van der Waals surface area contributed by atoms with Crippen LogP contribution >= 0.6 is 11.6 Å². The van der Waals surface area contributed by atoms with Crippen LogP contribution in [0.25, 0.3) is 0 Å². The Hall–Kier alpha value is -3.36. The maximum absolute atomic E-state index is 14.0.